The van der Waals surface area contributed by atoms with Crippen molar-refractivity contribution in [3.8, 4) is 0 Å². The molecule has 0 aromatic heterocycles. The Balaban J connectivity index is 2.20. The highest BCUT2D eigenvalue weighted by Crippen LogP contribution is 2.24. The maximum absolute atomic E-state index is 11.3. The first-order valence-electron chi connectivity index (χ1n) is 5.52. The summed E-state index contributed by atoms with van der Waals surface area (Å²) in [7, 11) is 0. The van der Waals surface area contributed by atoms with Crippen LogP contribution in [0.15, 0.2) is 46.6 Å². The predicted molar refractivity (Wildman–Crippen MR) is 72.5 cm³/mol. The number of benzene rings is 1. The van der Waals surface area contributed by atoms with Crippen LogP contribution in [0.3, 0.4) is 0 Å². The van der Waals surface area contributed by atoms with Crippen molar-refractivity contribution in [2.75, 3.05) is 0 Å². The summed E-state index contributed by atoms with van der Waals surface area (Å²) in [5, 5.41) is 0. The fraction of sp³-hybridized carbons (Fsp3) is 0.214. The second-order valence-electron chi connectivity index (χ2n) is 4.32. The van der Waals surface area contributed by atoms with E-state index in [4.69, 9.17) is 9.47 Å². The van der Waals surface area contributed by atoms with E-state index in [1.165, 1.54) is 6.08 Å². The molecule has 0 bridgehead atoms. The molecule has 1 heterocycles. The van der Waals surface area contributed by atoms with Gasteiger partial charge in [0.2, 0.25) is 5.79 Å². The minimum atomic E-state index is -0.917. The number of esters is 1. The van der Waals surface area contributed by atoms with Crippen molar-refractivity contribution in [2.45, 2.75) is 19.6 Å². The van der Waals surface area contributed by atoms with Gasteiger partial charge in [0.05, 0.1) is 6.08 Å². The molecule has 1 aliphatic rings. The molecule has 0 saturated carbocycles. The first-order valence-corrected chi connectivity index (χ1v) is 6.32. The van der Waals surface area contributed by atoms with Gasteiger partial charge < -0.3 is 9.47 Å². The molecule has 0 spiro atoms. The summed E-state index contributed by atoms with van der Waals surface area (Å²) in [4.78, 5) is 11.3. The molecular weight excluding hydrogens is 296 g/mol. The molecule has 4 heteroatoms. The van der Waals surface area contributed by atoms with Gasteiger partial charge in [-0.3, -0.25) is 0 Å². The molecule has 0 radical (unpaired) electrons. The fourth-order valence-corrected chi connectivity index (χ4v) is 2.00. The van der Waals surface area contributed by atoms with Crippen LogP contribution in [-0.4, -0.2) is 11.8 Å². The molecule has 1 aromatic rings. The van der Waals surface area contributed by atoms with Crippen molar-refractivity contribution in [3.63, 3.8) is 0 Å². The molecule has 0 fully saturated rings. The van der Waals surface area contributed by atoms with Gasteiger partial charge in [-0.2, -0.15) is 0 Å². The van der Waals surface area contributed by atoms with Crippen molar-refractivity contribution in [1.82, 2.24) is 0 Å². The molecule has 0 unspecified atom stereocenters. The Morgan fingerprint density at radius 2 is 1.89 bits per heavy atom. The summed E-state index contributed by atoms with van der Waals surface area (Å²) in [5.41, 5.74) is 1.01. The van der Waals surface area contributed by atoms with E-state index in [0.29, 0.717) is 5.76 Å². The lowest BCUT2D eigenvalue weighted by atomic mass is 10.2. The Morgan fingerprint density at radius 1 is 1.17 bits per heavy atom. The Hall–Kier alpha value is -1.55. The van der Waals surface area contributed by atoms with Gasteiger partial charge >= 0.3 is 5.97 Å². The molecule has 18 heavy (non-hydrogen) atoms. The Bertz CT molecular complexity index is 530. The second kappa shape index (κ2) is 4.98. The van der Waals surface area contributed by atoms with Crippen LogP contribution >= 0.6 is 15.9 Å². The highest BCUT2D eigenvalue weighted by Gasteiger charge is 2.28. The maximum atomic E-state index is 11.3. The van der Waals surface area contributed by atoms with Crippen LogP contribution < -0.4 is 0 Å². The molecule has 2 rings (SSSR count). The minimum Gasteiger partial charge on any atom is -0.453 e. The van der Waals surface area contributed by atoms with E-state index in [2.05, 4.69) is 15.9 Å². The van der Waals surface area contributed by atoms with Crippen molar-refractivity contribution < 1.29 is 14.3 Å². The lowest BCUT2D eigenvalue weighted by Gasteiger charge is -2.29. The topological polar surface area (TPSA) is 35.5 Å². The highest BCUT2D eigenvalue weighted by atomic mass is 79.9. The van der Waals surface area contributed by atoms with Crippen molar-refractivity contribution in [2.24, 2.45) is 0 Å². The normalized spacial score (nSPS) is 18.2. The molecule has 1 aliphatic heterocycles. The van der Waals surface area contributed by atoms with E-state index in [9.17, 15) is 4.79 Å². The number of hydrogen-bond acceptors (Lipinski definition) is 3. The predicted octanol–water partition coefficient (Wildman–Crippen LogP) is 3.66. The van der Waals surface area contributed by atoms with Crippen molar-refractivity contribution >= 4 is 28.0 Å². The minimum absolute atomic E-state index is 0.391. The lowest BCUT2D eigenvalue weighted by Crippen LogP contribution is -2.33. The van der Waals surface area contributed by atoms with E-state index in [1.807, 2.05) is 30.3 Å². The van der Waals surface area contributed by atoms with Crippen LogP contribution in [0.2, 0.25) is 0 Å². The Morgan fingerprint density at radius 3 is 2.56 bits per heavy atom. The second-order valence-corrected chi connectivity index (χ2v) is 5.18. The van der Waals surface area contributed by atoms with Gasteiger partial charge in [0.15, 0.2) is 0 Å². The highest BCUT2D eigenvalue weighted by molar-refractivity contribution is 9.10. The average molecular weight is 309 g/mol. The Kier molecular flexibility index (Phi) is 3.57. The first-order chi connectivity index (χ1) is 8.46. The first kappa shape index (κ1) is 12.9. The summed E-state index contributed by atoms with van der Waals surface area (Å²) in [6, 6.07) is 7.80. The number of ether oxygens (including phenoxy) is 2. The molecule has 0 atom stereocenters. The molecule has 1 aromatic carbocycles. The summed E-state index contributed by atoms with van der Waals surface area (Å²) in [6.07, 6.45) is 4.96. The number of rotatable bonds is 2. The smallest absolute Gasteiger partial charge is 0.337 e. The van der Waals surface area contributed by atoms with Crippen LogP contribution in [0.5, 0.6) is 0 Å². The van der Waals surface area contributed by atoms with Crippen LogP contribution in [-0.2, 0) is 14.3 Å². The third kappa shape index (κ3) is 3.23. The summed E-state index contributed by atoms with van der Waals surface area (Å²) in [5.74, 6) is -0.815. The van der Waals surface area contributed by atoms with Gasteiger partial charge in [-0.1, -0.05) is 40.2 Å². The zero-order valence-corrected chi connectivity index (χ0v) is 11.7. The number of hydrogen-bond donors (Lipinski definition) is 0. The molecule has 94 valence electrons. The quantitative estimate of drug-likeness (QED) is 0.782. The third-order valence-electron chi connectivity index (χ3n) is 2.30. The molecule has 0 amide bonds. The zero-order chi connectivity index (χ0) is 13.2. The molecule has 0 aliphatic carbocycles. The van der Waals surface area contributed by atoms with Gasteiger partial charge in [-0.05, 0) is 17.7 Å². The van der Waals surface area contributed by atoms with Crippen LogP contribution in [0, 0.1) is 0 Å². The SMILES string of the molecule is CC1(C)OC(=O)C=C(/C=C\c2ccccc2Br)O1. The standard InChI is InChI=1S/C14H13BrO3/c1-14(2)17-11(9-13(16)18-14)8-7-10-5-3-4-6-12(10)15/h3-9H,1-2H3/b8-7-. The maximum Gasteiger partial charge on any atom is 0.337 e. The van der Waals surface area contributed by atoms with Crippen molar-refractivity contribution in [1.29, 1.82) is 0 Å². The van der Waals surface area contributed by atoms with Gasteiger partial charge in [0.25, 0.3) is 0 Å². The van der Waals surface area contributed by atoms with Crippen LogP contribution in [0.4, 0.5) is 0 Å². The molecule has 0 saturated heterocycles. The number of allylic oxidation sites excluding steroid dienone is 1. The van der Waals surface area contributed by atoms with E-state index in [0.717, 1.165) is 10.0 Å². The number of cyclic esters (lactones) is 1. The monoisotopic (exact) mass is 308 g/mol. The van der Waals surface area contributed by atoms with E-state index < -0.39 is 11.8 Å². The van der Waals surface area contributed by atoms with Crippen molar-refractivity contribution in [3.05, 3.63) is 52.2 Å². The average Bonchev–Trinajstić information content (AvgIpc) is 2.25. The summed E-state index contributed by atoms with van der Waals surface area (Å²) >= 11 is 3.45. The largest absolute Gasteiger partial charge is 0.453 e. The van der Waals surface area contributed by atoms with E-state index in [1.54, 1.807) is 19.9 Å². The summed E-state index contributed by atoms with van der Waals surface area (Å²) < 4.78 is 11.5. The van der Waals surface area contributed by atoms with Gasteiger partial charge in [-0.15, -0.1) is 0 Å². The lowest BCUT2D eigenvalue weighted by molar-refractivity contribution is -0.203. The molecule has 0 N–H and O–H groups in total. The van der Waals surface area contributed by atoms with Gasteiger partial charge in [0, 0.05) is 18.3 Å². The molecule has 3 nitrogen and oxygen atoms in total. The van der Waals surface area contributed by atoms with Gasteiger partial charge in [-0.25, -0.2) is 4.79 Å². The van der Waals surface area contributed by atoms with E-state index >= 15 is 0 Å². The third-order valence-corrected chi connectivity index (χ3v) is 3.02. The van der Waals surface area contributed by atoms with Crippen LogP contribution in [0.1, 0.15) is 19.4 Å². The number of halogens is 1. The van der Waals surface area contributed by atoms with Gasteiger partial charge in [0.1, 0.15) is 5.76 Å². The Labute approximate surface area is 114 Å². The van der Waals surface area contributed by atoms with Crippen LogP contribution in [0.25, 0.3) is 6.08 Å². The van der Waals surface area contributed by atoms with E-state index in [-0.39, 0.29) is 0 Å². The number of carbonyl (C=O) groups is 1. The fourth-order valence-electron chi connectivity index (χ4n) is 1.59. The molecular formula is C14H13BrO3. The summed E-state index contributed by atoms with van der Waals surface area (Å²) in [6.45, 7) is 3.40. The zero-order valence-electron chi connectivity index (χ0n) is 10.1. The number of carbonyl (C=O) groups excluding carboxylic acids is 1.